The zero-order valence-electron chi connectivity index (χ0n) is 11.8. The standard InChI is InChI=1S/C15H19N3O2/c1-19-13-6-7-14(20-2)12(11-13)5-3-8-16-15-17-9-4-10-18-15/h4,6-7,9-11H,3,5,8H2,1-2H3,(H,16,17,18). The van der Waals surface area contributed by atoms with E-state index in [9.17, 15) is 0 Å². The Bertz CT molecular complexity index is 532. The van der Waals surface area contributed by atoms with Crippen LogP contribution in [0.5, 0.6) is 11.5 Å². The monoisotopic (exact) mass is 273 g/mol. The average Bonchev–Trinajstić information content (AvgIpc) is 2.52. The van der Waals surface area contributed by atoms with Crippen LogP contribution in [0.2, 0.25) is 0 Å². The molecule has 20 heavy (non-hydrogen) atoms. The van der Waals surface area contributed by atoms with Gasteiger partial charge >= 0.3 is 0 Å². The number of benzene rings is 1. The summed E-state index contributed by atoms with van der Waals surface area (Å²) in [6.07, 6.45) is 5.31. The summed E-state index contributed by atoms with van der Waals surface area (Å²) in [6.45, 7) is 0.810. The number of hydrogen-bond acceptors (Lipinski definition) is 5. The Morgan fingerprint density at radius 3 is 2.60 bits per heavy atom. The zero-order valence-corrected chi connectivity index (χ0v) is 11.8. The summed E-state index contributed by atoms with van der Waals surface area (Å²) < 4.78 is 10.6. The molecule has 0 saturated heterocycles. The molecular weight excluding hydrogens is 254 g/mol. The van der Waals surface area contributed by atoms with Crippen LogP contribution in [0, 0.1) is 0 Å². The molecule has 0 fully saturated rings. The predicted octanol–water partition coefficient (Wildman–Crippen LogP) is 2.54. The van der Waals surface area contributed by atoms with E-state index in [-0.39, 0.29) is 0 Å². The highest BCUT2D eigenvalue weighted by atomic mass is 16.5. The van der Waals surface area contributed by atoms with Gasteiger partial charge in [-0.25, -0.2) is 9.97 Å². The number of nitrogens with one attached hydrogen (secondary N) is 1. The van der Waals surface area contributed by atoms with E-state index in [2.05, 4.69) is 15.3 Å². The fourth-order valence-electron chi connectivity index (χ4n) is 1.95. The predicted molar refractivity (Wildman–Crippen MR) is 78.4 cm³/mol. The second kappa shape index (κ2) is 7.33. The van der Waals surface area contributed by atoms with Gasteiger partial charge in [0.1, 0.15) is 11.5 Å². The summed E-state index contributed by atoms with van der Waals surface area (Å²) in [5.41, 5.74) is 1.14. The topological polar surface area (TPSA) is 56.3 Å². The third kappa shape index (κ3) is 3.85. The smallest absolute Gasteiger partial charge is 0.222 e. The molecule has 0 radical (unpaired) electrons. The number of ether oxygens (including phenoxy) is 2. The second-order valence-corrected chi connectivity index (χ2v) is 4.28. The molecular formula is C15H19N3O2. The Labute approximate surface area is 119 Å². The molecule has 0 spiro atoms. The van der Waals surface area contributed by atoms with E-state index in [0.717, 1.165) is 36.4 Å². The number of anilines is 1. The summed E-state index contributed by atoms with van der Waals surface area (Å²) in [7, 11) is 3.35. The lowest BCUT2D eigenvalue weighted by Crippen LogP contribution is -2.06. The van der Waals surface area contributed by atoms with Crippen molar-refractivity contribution in [2.24, 2.45) is 0 Å². The van der Waals surface area contributed by atoms with Gasteiger partial charge in [-0.1, -0.05) is 0 Å². The lowest BCUT2D eigenvalue weighted by Gasteiger charge is -2.10. The maximum absolute atomic E-state index is 5.36. The van der Waals surface area contributed by atoms with Gasteiger partial charge in [-0.2, -0.15) is 0 Å². The molecule has 1 aromatic heterocycles. The average molecular weight is 273 g/mol. The van der Waals surface area contributed by atoms with Crippen molar-refractivity contribution in [2.75, 3.05) is 26.1 Å². The molecule has 1 heterocycles. The zero-order chi connectivity index (χ0) is 14.2. The van der Waals surface area contributed by atoms with Gasteiger partial charge in [0.25, 0.3) is 0 Å². The number of nitrogens with zero attached hydrogens (tertiary/aromatic N) is 2. The largest absolute Gasteiger partial charge is 0.497 e. The van der Waals surface area contributed by atoms with Crippen molar-refractivity contribution in [1.29, 1.82) is 0 Å². The van der Waals surface area contributed by atoms with Crippen molar-refractivity contribution in [3.8, 4) is 11.5 Å². The molecule has 0 amide bonds. The van der Waals surface area contributed by atoms with Gasteiger partial charge in [0.2, 0.25) is 5.95 Å². The molecule has 0 aliphatic heterocycles. The first-order chi connectivity index (χ1) is 9.83. The Hall–Kier alpha value is -2.30. The molecule has 0 unspecified atom stereocenters. The molecule has 5 nitrogen and oxygen atoms in total. The highest BCUT2D eigenvalue weighted by Gasteiger charge is 2.05. The van der Waals surface area contributed by atoms with Crippen LogP contribution >= 0.6 is 0 Å². The van der Waals surface area contributed by atoms with Crippen LogP contribution in [-0.4, -0.2) is 30.7 Å². The fraction of sp³-hybridized carbons (Fsp3) is 0.333. The molecule has 2 rings (SSSR count). The number of methoxy groups -OCH3 is 2. The van der Waals surface area contributed by atoms with Crippen molar-refractivity contribution in [1.82, 2.24) is 9.97 Å². The van der Waals surface area contributed by atoms with Gasteiger partial charge in [-0.15, -0.1) is 0 Å². The molecule has 0 saturated carbocycles. The lowest BCUT2D eigenvalue weighted by atomic mass is 10.1. The Kier molecular flexibility index (Phi) is 5.17. The van der Waals surface area contributed by atoms with Crippen LogP contribution in [0.25, 0.3) is 0 Å². The Balaban J connectivity index is 1.87. The van der Waals surface area contributed by atoms with Gasteiger partial charge in [-0.3, -0.25) is 0 Å². The lowest BCUT2D eigenvalue weighted by molar-refractivity contribution is 0.398. The van der Waals surface area contributed by atoms with Gasteiger partial charge in [0.15, 0.2) is 0 Å². The molecule has 0 atom stereocenters. The van der Waals surface area contributed by atoms with Crippen LogP contribution in [0.3, 0.4) is 0 Å². The van der Waals surface area contributed by atoms with E-state index >= 15 is 0 Å². The third-order valence-corrected chi connectivity index (χ3v) is 2.96. The molecule has 2 aromatic rings. The summed E-state index contributed by atoms with van der Waals surface area (Å²) >= 11 is 0. The highest BCUT2D eigenvalue weighted by Crippen LogP contribution is 2.24. The molecule has 0 bridgehead atoms. The summed E-state index contributed by atoms with van der Waals surface area (Å²) in [5, 5.41) is 3.19. The first-order valence-corrected chi connectivity index (χ1v) is 6.55. The maximum Gasteiger partial charge on any atom is 0.222 e. The molecule has 1 N–H and O–H groups in total. The minimum Gasteiger partial charge on any atom is -0.497 e. The summed E-state index contributed by atoms with van der Waals surface area (Å²) in [5.74, 6) is 2.40. The molecule has 1 aromatic carbocycles. The van der Waals surface area contributed by atoms with E-state index in [4.69, 9.17) is 9.47 Å². The van der Waals surface area contributed by atoms with Gasteiger partial charge < -0.3 is 14.8 Å². The second-order valence-electron chi connectivity index (χ2n) is 4.28. The van der Waals surface area contributed by atoms with Crippen molar-refractivity contribution in [3.05, 3.63) is 42.2 Å². The van der Waals surface area contributed by atoms with Gasteiger partial charge in [0.05, 0.1) is 14.2 Å². The van der Waals surface area contributed by atoms with Crippen LogP contribution in [0.4, 0.5) is 5.95 Å². The normalized spacial score (nSPS) is 10.1. The molecule has 0 aliphatic carbocycles. The molecule has 106 valence electrons. The fourth-order valence-corrected chi connectivity index (χ4v) is 1.95. The first-order valence-electron chi connectivity index (χ1n) is 6.55. The number of aryl methyl sites for hydroxylation is 1. The number of hydrogen-bond donors (Lipinski definition) is 1. The van der Waals surface area contributed by atoms with Crippen LogP contribution in [0.1, 0.15) is 12.0 Å². The van der Waals surface area contributed by atoms with Crippen molar-refractivity contribution < 1.29 is 9.47 Å². The number of aromatic nitrogens is 2. The van der Waals surface area contributed by atoms with Crippen LogP contribution in [-0.2, 0) is 6.42 Å². The van der Waals surface area contributed by atoms with E-state index in [1.54, 1.807) is 32.7 Å². The third-order valence-electron chi connectivity index (χ3n) is 2.96. The minimum absolute atomic E-state index is 0.658. The molecule has 5 heteroatoms. The van der Waals surface area contributed by atoms with Crippen LogP contribution in [0.15, 0.2) is 36.7 Å². The SMILES string of the molecule is COc1ccc(OC)c(CCCNc2ncccn2)c1. The Morgan fingerprint density at radius 2 is 1.90 bits per heavy atom. The van der Waals surface area contributed by atoms with Gasteiger partial charge in [-0.05, 0) is 42.7 Å². The van der Waals surface area contributed by atoms with Crippen molar-refractivity contribution in [2.45, 2.75) is 12.8 Å². The first kappa shape index (κ1) is 14.1. The minimum atomic E-state index is 0.658. The van der Waals surface area contributed by atoms with E-state index in [0.29, 0.717) is 5.95 Å². The van der Waals surface area contributed by atoms with Gasteiger partial charge in [0, 0.05) is 18.9 Å². The Morgan fingerprint density at radius 1 is 1.10 bits per heavy atom. The summed E-state index contributed by atoms with van der Waals surface area (Å²) in [6, 6.07) is 7.64. The van der Waals surface area contributed by atoms with E-state index in [1.807, 2.05) is 18.2 Å². The molecule has 0 aliphatic rings. The van der Waals surface area contributed by atoms with Crippen molar-refractivity contribution >= 4 is 5.95 Å². The summed E-state index contributed by atoms with van der Waals surface area (Å²) in [4.78, 5) is 8.23. The maximum atomic E-state index is 5.36. The highest BCUT2D eigenvalue weighted by molar-refractivity contribution is 5.40. The van der Waals surface area contributed by atoms with Crippen LogP contribution < -0.4 is 14.8 Å². The van der Waals surface area contributed by atoms with E-state index < -0.39 is 0 Å². The quantitative estimate of drug-likeness (QED) is 0.786. The van der Waals surface area contributed by atoms with Crippen molar-refractivity contribution in [3.63, 3.8) is 0 Å². The number of rotatable bonds is 7. The van der Waals surface area contributed by atoms with E-state index in [1.165, 1.54) is 0 Å².